The molecular formula is C13H20ClN3O2. The summed E-state index contributed by atoms with van der Waals surface area (Å²) < 4.78 is 1.57. The van der Waals surface area contributed by atoms with Crippen molar-refractivity contribution in [2.45, 2.75) is 32.7 Å². The van der Waals surface area contributed by atoms with Crippen molar-refractivity contribution in [3.8, 4) is 0 Å². The van der Waals surface area contributed by atoms with Crippen LogP contribution in [0.15, 0.2) is 6.08 Å². The van der Waals surface area contributed by atoms with Crippen LogP contribution >= 0.6 is 11.6 Å². The van der Waals surface area contributed by atoms with E-state index in [-0.39, 0.29) is 18.6 Å². The summed E-state index contributed by atoms with van der Waals surface area (Å²) in [6.07, 6.45) is 4.55. The molecule has 0 aliphatic rings. The fourth-order valence-corrected chi connectivity index (χ4v) is 1.99. The molecule has 0 bridgehead atoms. The maximum atomic E-state index is 11.7. The smallest absolute Gasteiger partial charge is 0.244 e. The van der Waals surface area contributed by atoms with Gasteiger partial charge in [-0.1, -0.05) is 11.6 Å². The molecule has 1 rings (SSSR count). The molecule has 1 atom stereocenters. The van der Waals surface area contributed by atoms with Gasteiger partial charge in [-0.2, -0.15) is 5.10 Å². The van der Waals surface area contributed by atoms with E-state index in [4.69, 9.17) is 16.7 Å². The number of hydrogen-bond acceptors (Lipinski definition) is 3. The highest BCUT2D eigenvalue weighted by Crippen LogP contribution is 2.19. The first-order valence-electron chi connectivity index (χ1n) is 6.24. The largest absolute Gasteiger partial charge is 0.396 e. The number of aliphatic hydroxyl groups excluding tert-OH is 1. The van der Waals surface area contributed by atoms with E-state index in [0.717, 1.165) is 17.7 Å². The molecule has 1 unspecified atom stereocenters. The highest BCUT2D eigenvalue weighted by Gasteiger charge is 2.09. The monoisotopic (exact) mass is 285 g/mol. The lowest BCUT2D eigenvalue weighted by Gasteiger charge is -2.10. The summed E-state index contributed by atoms with van der Waals surface area (Å²) in [4.78, 5) is 11.7. The minimum Gasteiger partial charge on any atom is -0.396 e. The number of amides is 1. The Bertz CT molecular complexity index is 469. The second-order valence-corrected chi connectivity index (χ2v) is 4.88. The molecule has 0 fully saturated rings. The van der Waals surface area contributed by atoms with Crippen molar-refractivity contribution >= 4 is 23.6 Å². The Morgan fingerprint density at radius 3 is 2.84 bits per heavy atom. The Kier molecular flexibility index (Phi) is 6.05. The normalized spacial score (nSPS) is 12.9. The van der Waals surface area contributed by atoms with Crippen LogP contribution in [0, 0.1) is 6.92 Å². The van der Waals surface area contributed by atoms with Gasteiger partial charge in [-0.3, -0.25) is 9.48 Å². The summed E-state index contributed by atoms with van der Waals surface area (Å²) in [7, 11) is 1.75. The predicted molar refractivity (Wildman–Crippen MR) is 75.9 cm³/mol. The second-order valence-electron chi connectivity index (χ2n) is 4.52. The minimum absolute atomic E-state index is 0.0368. The molecule has 0 radical (unpaired) electrons. The topological polar surface area (TPSA) is 67.2 Å². The van der Waals surface area contributed by atoms with E-state index in [1.807, 2.05) is 13.8 Å². The highest BCUT2D eigenvalue weighted by molar-refractivity contribution is 6.31. The second kappa shape index (κ2) is 7.31. The standard InChI is InChI=1S/C13H20ClN3O2/c1-9(5-4-8-18)15-12(19)7-6-11-10(2)16-17(3)13(11)14/h6-7,9,18H,4-5,8H2,1-3H3,(H,15,19)/b7-6+. The first-order chi connectivity index (χ1) is 8.95. The van der Waals surface area contributed by atoms with E-state index in [1.165, 1.54) is 6.08 Å². The van der Waals surface area contributed by atoms with E-state index in [0.29, 0.717) is 11.6 Å². The van der Waals surface area contributed by atoms with E-state index in [9.17, 15) is 4.79 Å². The molecule has 0 aromatic carbocycles. The molecule has 0 spiro atoms. The van der Waals surface area contributed by atoms with Gasteiger partial charge < -0.3 is 10.4 Å². The van der Waals surface area contributed by atoms with Gasteiger partial charge in [0.15, 0.2) is 0 Å². The third-order valence-electron chi connectivity index (χ3n) is 2.78. The molecular weight excluding hydrogens is 266 g/mol. The Balaban J connectivity index is 2.59. The molecule has 1 aromatic heterocycles. The van der Waals surface area contributed by atoms with Crippen molar-refractivity contribution in [2.75, 3.05) is 6.61 Å². The van der Waals surface area contributed by atoms with Crippen molar-refractivity contribution in [3.63, 3.8) is 0 Å². The molecule has 2 N–H and O–H groups in total. The van der Waals surface area contributed by atoms with Crippen molar-refractivity contribution in [2.24, 2.45) is 7.05 Å². The van der Waals surface area contributed by atoms with Gasteiger partial charge in [-0.15, -0.1) is 0 Å². The Labute approximate surface area is 118 Å². The van der Waals surface area contributed by atoms with Crippen molar-refractivity contribution in [1.29, 1.82) is 0 Å². The molecule has 0 aliphatic carbocycles. The lowest BCUT2D eigenvalue weighted by Crippen LogP contribution is -2.31. The first kappa shape index (κ1) is 15.7. The highest BCUT2D eigenvalue weighted by atomic mass is 35.5. The average Bonchev–Trinajstić information content (AvgIpc) is 2.59. The summed E-state index contributed by atoms with van der Waals surface area (Å²) in [5, 5.41) is 16.2. The molecule has 106 valence electrons. The van der Waals surface area contributed by atoms with Gasteiger partial charge in [0.25, 0.3) is 0 Å². The summed E-state index contributed by atoms with van der Waals surface area (Å²) in [6, 6.07) is 0.0368. The van der Waals surface area contributed by atoms with Crippen LogP contribution in [0.1, 0.15) is 31.0 Å². The van der Waals surface area contributed by atoms with Crippen LogP contribution in [-0.2, 0) is 11.8 Å². The molecule has 1 amide bonds. The van der Waals surface area contributed by atoms with Crippen LogP contribution in [0.4, 0.5) is 0 Å². The summed E-state index contributed by atoms with van der Waals surface area (Å²) in [6.45, 7) is 3.89. The molecule has 0 aliphatic heterocycles. The van der Waals surface area contributed by atoms with E-state index >= 15 is 0 Å². The molecule has 1 aromatic rings. The maximum Gasteiger partial charge on any atom is 0.244 e. The van der Waals surface area contributed by atoms with Gasteiger partial charge in [-0.25, -0.2) is 0 Å². The molecule has 6 heteroatoms. The number of rotatable bonds is 6. The van der Waals surface area contributed by atoms with Gasteiger partial charge in [0.2, 0.25) is 5.91 Å². The fourth-order valence-electron chi connectivity index (χ4n) is 1.76. The number of carbonyl (C=O) groups excluding carboxylic acids is 1. The predicted octanol–water partition coefficient (Wildman–Crippen LogP) is 1.67. The number of aromatic nitrogens is 2. The van der Waals surface area contributed by atoms with Crippen molar-refractivity contribution in [1.82, 2.24) is 15.1 Å². The zero-order valence-corrected chi connectivity index (χ0v) is 12.2. The van der Waals surface area contributed by atoms with Gasteiger partial charge in [0.05, 0.1) is 5.69 Å². The Morgan fingerprint density at radius 2 is 2.32 bits per heavy atom. The number of carbonyl (C=O) groups is 1. The molecule has 0 saturated carbocycles. The lowest BCUT2D eigenvalue weighted by molar-refractivity contribution is -0.117. The van der Waals surface area contributed by atoms with Crippen LogP contribution in [0.3, 0.4) is 0 Å². The fraction of sp³-hybridized carbons (Fsp3) is 0.538. The van der Waals surface area contributed by atoms with Crippen molar-refractivity contribution < 1.29 is 9.90 Å². The zero-order chi connectivity index (χ0) is 14.4. The van der Waals surface area contributed by atoms with Gasteiger partial charge in [-0.05, 0) is 32.8 Å². The van der Waals surface area contributed by atoms with Crippen LogP contribution in [0.5, 0.6) is 0 Å². The minimum atomic E-state index is -0.176. The molecule has 1 heterocycles. The number of halogens is 1. The number of nitrogens with zero attached hydrogens (tertiary/aromatic N) is 2. The van der Waals surface area contributed by atoms with Crippen molar-refractivity contribution in [3.05, 3.63) is 22.5 Å². The SMILES string of the molecule is Cc1nn(C)c(Cl)c1/C=C/C(=O)NC(C)CCCO. The summed E-state index contributed by atoms with van der Waals surface area (Å²) in [5.41, 5.74) is 1.53. The van der Waals surface area contributed by atoms with Gasteiger partial charge in [0.1, 0.15) is 5.15 Å². The number of aryl methyl sites for hydroxylation is 2. The first-order valence-corrected chi connectivity index (χ1v) is 6.62. The Hall–Kier alpha value is -1.33. The number of aliphatic hydroxyl groups is 1. The van der Waals surface area contributed by atoms with Crippen LogP contribution in [0.2, 0.25) is 5.15 Å². The summed E-state index contributed by atoms with van der Waals surface area (Å²) >= 11 is 6.06. The zero-order valence-electron chi connectivity index (χ0n) is 11.5. The van der Waals surface area contributed by atoms with E-state index < -0.39 is 0 Å². The third kappa shape index (κ3) is 4.69. The third-order valence-corrected chi connectivity index (χ3v) is 3.23. The van der Waals surface area contributed by atoms with Gasteiger partial charge >= 0.3 is 0 Å². The van der Waals surface area contributed by atoms with Crippen LogP contribution in [-0.4, -0.2) is 33.4 Å². The van der Waals surface area contributed by atoms with Crippen LogP contribution in [0.25, 0.3) is 6.08 Å². The molecule has 19 heavy (non-hydrogen) atoms. The maximum absolute atomic E-state index is 11.7. The van der Waals surface area contributed by atoms with E-state index in [2.05, 4.69) is 10.4 Å². The van der Waals surface area contributed by atoms with Gasteiger partial charge in [0, 0.05) is 31.3 Å². The van der Waals surface area contributed by atoms with Crippen LogP contribution < -0.4 is 5.32 Å². The molecule has 5 nitrogen and oxygen atoms in total. The summed E-state index contributed by atoms with van der Waals surface area (Å²) in [5.74, 6) is -0.176. The number of nitrogens with one attached hydrogen (secondary N) is 1. The quantitative estimate of drug-likeness (QED) is 0.782. The average molecular weight is 286 g/mol. The lowest BCUT2D eigenvalue weighted by atomic mass is 10.2. The van der Waals surface area contributed by atoms with E-state index in [1.54, 1.807) is 17.8 Å². The molecule has 0 saturated heterocycles. The number of hydrogen-bond donors (Lipinski definition) is 2. The Morgan fingerprint density at radius 1 is 1.63 bits per heavy atom.